The highest BCUT2D eigenvalue weighted by atomic mass is 79.9. The number of hydrogen-bond acceptors (Lipinski definition) is 5. The minimum atomic E-state index is -5.20. The number of hydrogen-bond donors (Lipinski definition) is 2. The molecule has 1 aromatic heterocycles. The number of esters is 1. The molecule has 1 fully saturated rings. The smallest absolute Gasteiger partial charge is 0.442 e. The van der Waals surface area contributed by atoms with E-state index in [4.69, 9.17) is 4.74 Å². The number of alkyl halides is 3. The molecule has 196 valence electrons. The molecule has 1 saturated carbocycles. The number of aromatic nitrogens is 1. The molecule has 0 radical (unpaired) electrons. The number of anilines is 1. The Hall–Kier alpha value is -3.14. The number of ether oxygens (including phenoxy) is 1. The van der Waals surface area contributed by atoms with E-state index in [1.165, 1.54) is 0 Å². The lowest BCUT2D eigenvalue weighted by Crippen LogP contribution is -2.55. The van der Waals surface area contributed by atoms with E-state index in [9.17, 15) is 22.8 Å². The van der Waals surface area contributed by atoms with Crippen LogP contribution in [0.15, 0.2) is 59.1 Å². The Balaban J connectivity index is 1.49. The predicted molar refractivity (Wildman–Crippen MR) is 138 cm³/mol. The Morgan fingerprint density at radius 2 is 1.76 bits per heavy atom. The summed E-state index contributed by atoms with van der Waals surface area (Å²) in [5.74, 6) is -2.45. The van der Waals surface area contributed by atoms with Crippen molar-refractivity contribution < 1.29 is 27.5 Å². The Labute approximate surface area is 221 Å². The van der Waals surface area contributed by atoms with E-state index in [0.29, 0.717) is 18.7 Å². The number of aryl methyl sites for hydroxylation is 1. The lowest BCUT2D eigenvalue weighted by molar-refractivity contribution is -0.217. The number of fused-ring (bicyclic) bond motifs is 1. The maximum Gasteiger partial charge on any atom is 0.490 e. The third-order valence-corrected chi connectivity index (χ3v) is 7.25. The molecule has 6 nitrogen and oxygen atoms in total. The van der Waals surface area contributed by atoms with Crippen LogP contribution in [-0.4, -0.2) is 34.7 Å². The zero-order chi connectivity index (χ0) is 26.8. The van der Waals surface area contributed by atoms with Gasteiger partial charge in [-0.05, 0) is 74.9 Å². The number of carbonyl (C=O) groups excluding carboxylic acids is 2. The van der Waals surface area contributed by atoms with Gasteiger partial charge in [0, 0.05) is 15.9 Å². The highest BCUT2D eigenvalue weighted by molar-refractivity contribution is 9.10. The molecule has 0 spiro atoms. The first kappa shape index (κ1) is 26.9. The molecule has 0 saturated heterocycles. The monoisotopic (exact) mass is 577 g/mol. The quantitative estimate of drug-likeness (QED) is 0.332. The Kier molecular flexibility index (Phi) is 7.77. The van der Waals surface area contributed by atoms with Gasteiger partial charge in [-0.3, -0.25) is 4.79 Å². The summed E-state index contributed by atoms with van der Waals surface area (Å²) in [6.45, 7) is 3.70. The molecule has 1 atom stereocenters. The van der Waals surface area contributed by atoms with E-state index >= 15 is 0 Å². The summed E-state index contributed by atoms with van der Waals surface area (Å²) in [5, 5.41) is 7.11. The van der Waals surface area contributed by atoms with Crippen LogP contribution >= 0.6 is 15.9 Å². The fourth-order valence-electron chi connectivity index (χ4n) is 4.63. The molecule has 1 aliphatic carbocycles. The van der Waals surface area contributed by atoms with Gasteiger partial charge in [0.2, 0.25) is 0 Å². The average Bonchev–Trinajstić information content (AvgIpc) is 2.85. The van der Waals surface area contributed by atoms with Crippen LogP contribution in [0.2, 0.25) is 0 Å². The SMILES string of the molecule is Cc1cc(NC2CCC(OC(=O)C(F)(F)F)(C(=O)NC(C)c3ccc(Br)cc3)CC2)nc2ccccc12. The van der Waals surface area contributed by atoms with E-state index in [2.05, 4.69) is 31.5 Å². The van der Waals surface area contributed by atoms with E-state index in [1.54, 1.807) is 31.2 Å². The van der Waals surface area contributed by atoms with Gasteiger partial charge in [-0.2, -0.15) is 13.2 Å². The van der Waals surface area contributed by atoms with E-state index in [0.717, 1.165) is 26.5 Å². The molecule has 3 aromatic rings. The third-order valence-electron chi connectivity index (χ3n) is 6.72. The Morgan fingerprint density at radius 3 is 2.41 bits per heavy atom. The molecule has 1 aliphatic rings. The largest absolute Gasteiger partial charge is 0.490 e. The molecule has 0 aliphatic heterocycles. The lowest BCUT2D eigenvalue weighted by atomic mass is 9.80. The van der Waals surface area contributed by atoms with Crippen molar-refractivity contribution in [1.82, 2.24) is 10.3 Å². The van der Waals surface area contributed by atoms with Crippen LogP contribution in [0, 0.1) is 6.92 Å². The van der Waals surface area contributed by atoms with Crippen molar-refractivity contribution in [3.05, 3.63) is 70.2 Å². The van der Waals surface area contributed by atoms with Crippen LogP contribution < -0.4 is 10.6 Å². The van der Waals surface area contributed by atoms with E-state index in [-0.39, 0.29) is 18.9 Å². The average molecular weight is 578 g/mol. The maximum absolute atomic E-state index is 13.3. The number of nitrogens with zero attached hydrogens (tertiary/aromatic N) is 1. The van der Waals surface area contributed by atoms with Crippen molar-refractivity contribution in [3.63, 3.8) is 0 Å². The molecule has 37 heavy (non-hydrogen) atoms. The molecule has 10 heteroatoms. The van der Waals surface area contributed by atoms with Gasteiger partial charge in [0.15, 0.2) is 5.60 Å². The van der Waals surface area contributed by atoms with Crippen LogP contribution in [0.5, 0.6) is 0 Å². The normalized spacial score (nSPS) is 20.8. The van der Waals surface area contributed by atoms with Gasteiger partial charge in [0.25, 0.3) is 5.91 Å². The topological polar surface area (TPSA) is 80.3 Å². The first-order valence-electron chi connectivity index (χ1n) is 12.0. The summed E-state index contributed by atoms with van der Waals surface area (Å²) < 4.78 is 45.1. The predicted octanol–water partition coefficient (Wildman–Crippen LogP) is 6.38. The van der Waals surface area contributed by atoms with Crippen LogP contribution in [0.1, 0.15) is 49.8 Å². The lowest BCUT2D eigenvalue weighted by Gasteiger charge is -2.39. The van der Waals surface area contributed by atoms with Crippen molar-refractivity contribution in [2.45, 2.75) is 63.4 Å². The molecule has 2 N–H and O–H groups in total. The number of para-hydroxylation sites is 1. The fraction of sp³-hybridized carbons (Fsp3) is 0.370. The van der Waals surface area contributed by atoms with Crippen LogP contribution in [-0.2, 0) is 14.3 Å². The standard InChI is InChI=1S/C27H27BrF3N3O3/c1-16-15-23(34-22-6-4-3-5-21(16)22)33-20-11-13-26(14-12-20,37-25(36)27(29,30)31)24(35)32-17(2)18-7-9-19(28)10-8-18/h3-10,15,17,20H,11-14H2,1-2H3,(H,32,35)(H,33,34). The van der Waals surface area contributed by atoms with Crippen molar-refractivity contribution in [2.24, 2.45) is 0 Å². The number of carbonyl (C=O) groups is 2. The van der Waals surface area contributed by atoms with Crippen LogP contribution in [0.3, 0.4) is 0 Å². The third kappa shape index (κ3) is 6.23. The Bertz CT molecular complexity index is 1290. The van der Waals surface area contributed by atoms with Gasteiger partial charge in [-0.15, -0.1) is 0 Å². The molecule has 1 heterocycles. The van der Waals surface area contributed by atoms with Crippen molar-refractivity contribution >= 4 is 44.5 Å². The summed E-state index contributed by atoms with van der Waals surface area (Å²) >= 11 is 3.35. The van der Waals surface area contributed by atoms with Gasteiger partial charge in [0.05, 0.1) is 11.6 Å². The molecular formula is C27H27BrF3N3O3. The first-order chi connectivity index (χ1) is 17.5. The van der Waals surface area contributed by atoms with Gasteiger partial charge in [-0.1, -0.05) is 46.3 Å². The number of rotatable bonds is 6. The molecule has 1 unspecified atom stereocenters. The minimum absolute atomic E-state index is 0.0576. The zero-order valence-electron chi connectivity index (χ0n) is 20.4. The summed E-state index contributed by atoms with van der Waals surface area (Å²) in [6.07, 6.45) is -4.68. The number of benzene rings is 2. The fourth-order valence-corrected chi connectivity index (χ4v) is 4.90. The second-order valence-corrected chi connectivity index (χ2v) is 10.3. The van der Waals surface area contributed by atoms with Gasteiger partial charge < -0.3 is 15.4 Å². The maximum atomic E-state index is 13.3. The number of halogens is 4. The van der Waals surface area contributed by atoms with Gasteiger partial charge in [-0.25, -0.2) is 9.78 Å². The highest BCUT2D eigenvalue weighted by Gasteiger charge is 2.51. The second kappa shape index (κ2) is 10.7. The highest BCUT2D eigenvalue weighted by Crippen LogP contribution is 2.36. The van der Waals surface area contributed by atoms with Crippen molar-refractivity contribution in [2.75, 3.05) is 5.32 Å². The van der Waals surface area contributed by atoms with Crippen LogP contribution in [0.4, 0.5) is 19.0 Å². The number of nitrogens with one attached hydrogen (secondary N) is 2. The van der Waals surface area contributed by atoms with Crippen LogP contribution in [0.25, 0.3) is 10.9 Å². The molecule has 2 aromatic carbocycles. The summed E-state index contributed by atoms with van der Waals surface area (Å²) in [6, 6.07) is 16.2. The molecule has 0 bridgehead atoms. The summed E-state index contributed by atoms with van der Waals surface area (Å²) in [7, 11) is 0. The molecule has 1 amide bonds. The van der Waals surface area contributed by atoms with E-state index in [1.807, 2.05) is 37.3 Å². The Morgan fingerprint density at radius 1 is 1.11 bits per heavy atom. The van der Waals surface area contributed by atoms with E-state index < -0.39 is 29.7 Å². The minimum Gasteiger partial charge on any atom is -0.442 e. The molecular weight excluding hydrogens is 551 g/mol. The summed E-state index contributed by atoms with van der Waals surface area (Å²) in [5.41, 5.74) is 0.720. The van der Waals surface area contributed by atoms with Crippen molar-refractivity contribution in [3.8, 4) is 0 Å². The summed E-state index contributed by atoms with van der Waals surface area (Å²) in [4.78, 5) is 29.7. The molecule has 4 rings (SSSR count). The van der Waals surface area contributed by atoms with Crippen molar-refractivity contribution in [1.29, 1.82) is 0 Å². The van der Waals surface area contributed by atoms with Gasteiger partial charge >= 0.3 is 12.1 Å². The zero-order valence-corrected chi connectivity index (χ0v) is 21.9. The first-order valence-corrected chi connectivity index (χ1v) is 12.8. The number of pyridine rings is 1. The number of amides is 1. The second-order valence-electron chi connectivity index (χ2n) is 9.39. The van der Waals surface area contributed by atoms with Gasteiger partial charge in [0.1, 0.15) is 5.82 Å².